The van der Waals surface area contributed by atoms with Gasteiger partial charge in [-0.3, -0.25) is 9.59 Å². The third kappa shape index (κ3) is 3.67. The zero-order chi connectivity index (χ0) is 14.8. The van der Waals surface area contributed by atoms with Crippen molar-refractivity contribution in [3.05, 3.63) is 35.1 Å². The SMILES string of the molecule is CC(NC(=O)c1cc(C(F)(F)F)ccc1F)C(=O)O. The van der Waals surface area contributed by atoms with E-state index in [1.54, 1.807) is 0 Å². The molecule has 0 heterocycles. The average molecular weight is 279 g/mol. The van der Waals surface area contributed by atoms with Crippen LogP contribution in [0, 0.1) is 5.82 Å². The predicted molar refractivity (Wildman–Crippen MR) is 56.0 cm³/mol. The number of carboxylic acids is 1. The molecule has 0 saturated carbocycles. The molecule has 1 aromatic rings. The Morgan fingerprint density at radius 1 is 1.32 bits per heavy atom. The van der Waals surface area contributed by atoms with Gasteiger partial charge in [-0.2, -0.15) is 13.2 Å². The minimum absolute atomic E-state index is 0.333. The second-order valence-corrected chi connectivity index (χ2v) is 3.73. The van der Waals surface area contributed by atoms with E-state index in [2.05, 4.69) is 0 Å². The number of hydrogen-bond acceptors (Lipinski definition) is 2. The van der Waals surface area contributed by atoms with Gasteiger partial charge in [0.05, 0.1) is 11.1 Å². The standard InChI is InChI=1S/C11H9F4NO3/c1-5(10(18)19)16-9(17)7-4-6(11(13,14)15)2-3-8(7)12/h2-5H,1H3,(H,16,17)(H,18,19). The van der Waals surface area contributed by atoms with Gasteiger partial charge in [-0.25, -0.2) is 4.39 Å². The minimum atomic E-state index is -4.72. The van der Waals surface area contributed by atoms with Crippen LogP contribution in [0.4, 0.5) is 17.6 Å². The van der Waals surface area contributed by atoms with Crippen molar-refractivity contribution in [2.75, 3.05) is 0 Å². The number of amides is 1. The molecule has 0 saturated heterocycles. The number of carbonyl (C=O) groups is 2. The highest BCUT2D eigenvalue weighted by atomic mass is 19.4. The third-order valence-electron chi connectivity index (χ3n) is 2.26. The first-order valence-electron chi connectivity index (χ1n) is 5.03. The molecule has 19 heavy (non-hydrogen) atoms. The fourth-order valence-electron chi connectivity index (χ4n) is 1.21. The van der Waals surface area contributed by atoms with Crippen LogP contribution in [0.3, 0.4) is 0 Å². The lowest BCUT2D eigenvalue weighted by Crippen LogP contribution is -2.38. The van der Waals surface area contributed by atoms with E-state index in [1.165, 1.54) is 0 Å². The molecular weight excluding hydrogens is 270 g/mol. The van der Waals surface area contributed by atoms with E-state index >= 15 is 0 Å². The Balaban J connectivity index is 3.06. The number of carbonyl (C=O) groups excluding carboxylic acids is 1. The van der Waals surface area contributed by atoms with Crippen LogP contribution in [-0.4, -0.2) is 23.0 Å². The highest BCUT2D eigenvalue weighted by Crippen LogP contribution is 2.30. The zero-order valence-corrected chi connectivity index (χ0v) is 9.58. The monoisotopic (exact) mass is 279 g/mol. The summed E-state index contributed by atoms with van der Waals surface area (Å²) >= 11 is 0. The van der Waals surface area contributed by atoms with Crippen LogP contribution < -0.4 is 5.32 Å². The quantitative estimate of drug-likeness (QED) is 0.832. The van der Waals surface area contributed by atoms with Crippen LogP contribution in [0.5, 0.6) is 0 Å². The lowest BCUT2D eigenvalue weighted by molar-refractivity contribution is -0.139. The maximum atomic E-state index is 13.3. The summed E-state index contributed by atoms with van der Waals surface area (Å²) in [5.74, 6) is -3.78. The summed E-state index contributed by atoms with van der Waals surface area (Å²) in [6, 6.07) is -0.0174. The van der Waals surface area contributed by atoms with Crippen molar-refractivity contribution in [2.24, 2.45) is 0 Å². The molecule has 0 aliphatic carbocycles. The van der Waals surface area contributed by atoms with Crippen LogP contribution >= 0.6 is 0 Å². The van der Waals surface area contributed by atoms with Crippen molar-refractivity contribution in [3.8, 4) is 0 Å². The van der Waals surface area contributed by atoms with Gasteiger partial charge in [-0.05, 0) is 25.1 Å². The molecule has 0 aliphatic heterocycles. The van der Waals surface area contributed by atoms with E-state index in [1.807, 2.05) is 5.32 Å². The van der Waals surface area contributed by atoms with Crippen LogP contribution in [-0.2, 0) is 11.0 Å². The van der Waals surface area contributed by atoms with Crippen molar-refractivity contribution in [2.45, 2.75) is 19.1 Å². The lowest BCUT2D eigenvalue weighted by atomic mass is 10.1. The van der Waals surface area contributed by atoms with Gasteiger partial charge in [-0.15, -0.1) is 0 Å². The van der Waals surface area contributed by atoms with E-state index in [4.69, 9.17) is 5.11 Å². The molecule has 104 valence electrons. The molecule has 0 spiro atoms. The fourth-order valence-corrected chi connectivity index (χ4v) is 1.21. The third-order valence-corrected chi connectivity index (χ3v) is 2.26. The number of rotatable bonds is 3. The summed E-state index contributed by atoms with van der Waals surface area (Å²) in [7, 11) is 0. The lowest BCUT2D eigenvalue weighted by Gasteiger charge is -2.12. The molecule has 1 amide bonds. The van der Waals surface area contributed by atoms with Crippen LogP contribution in [0.2, 0.25) is 0 Å². The second-order valence-electron chi connectivity index (χ2n) is 3.73. The molecule has 0 bridgehead atoms. The van der Waals surface area contributed by atoms with Crippen molar-refractivity contribution >= 4 is 11.9 Å². The topological polar surface area (TPSA) is 66.4 Å². The Bertz CT molecular complexity index is 513. The van der Waals surface area contributed by atoms with Gasteiger partial charge in [0.25, 0.3) is 5.91 Å². The number of alkyl halides is 3. The molecule has 0 aliphatic rings. The van der Waals surface area contributed by atoms with Crippen molar-refractivity contribution in [3.63, 3.8) is 0 Å². The smallest absolute Gasteiger partial charge is 0.416 e. The van der Waals surface area contributed by atoms with E-state index in [9.17, 15) is 27.2 Å². The Morgan fingerprint density at radius 2 is 1.89 bits per heavy atom. The largest absolute Gasteiger partial charge is 0.480 e. The number of aliphatic carboxylic acids is 1. The Kier molecular flexibility index (Phi) is 4.13. The molecule has 0 aromatic heterocycles. The Labute approximate surface area is 105 Å². The first-order valence-corrected chi connectivity index (χ1v) is 5.03. The van der Waals surface area contributed by atoms with E-state index in [0.717, 1.165) is 6.92 Å². The average Bonchev–Trinajstić information content (AvgIpc) is 2.27. The highest BCUT2D eigenvalue weighted by molar-refractivity contribution is 5.96. The van der Waals surface area contributed by atoms with Gasteiger partial charge in [-0.1, -0.05) is 0 Å². The summed E-state index contributed by atoms with van der Waals surface area (Å²) < 4.78 is 50.5. The maximum absolute atomic E-state index is 13.3. The highest BCUT2D eigenvalue weighted by Gasteiger charge is 2.32. The van der Waals surface area contributed by atoms with Crippen molar-refractivity contribution in [1.82, 2.24) is 5.32 Å². The van der Waals surface area contributed by atoms with Gasteiger partial charge in [0, 0.05) is 0 Å². The molecule has 1 atom stereocenters. The summed E-state index contributed by atoms with van der Waals surface area (Å²) in [6.07, 6.45) is -4.72. The minimum Gasteiger partial charge on any atom is -0.480 e. The second kappa shape index (κ2) is 5.25. The van der Waals surface area contributed by atoms with Gasteiger partial charge in [0.1, 0.15) is 11.9 Å². The fraction of sp³-hybridized carbons (Fsp3) is 0.273. The van der Waals surface area contributed by atoms with Crippen molar-refractivity contribution in [1.29, 1.82) is 0 Å². The predicted octanol–water partition coefficient (Wildman–Crippen LogP) is 2.05. The number of benzene rings is 1. The van der Waals surface area contributed by atoms with E-state index in [-0.39, 0.29) is 0 Å². The number of nitrogens with one attached hydrogen (secondary N) is 1. The van der Waals surface area contributed by atoms with E-state index in [0.29, 0.717) is 18.2 Å². The molecule has 8 heteroatoms. The first kappa shape index (κ1) is 14.9. The molecule has 0 radical (unpaired) electrons. The van der Waals surface area contributed by atoms with Crippen LogP contribution in [0.15, 0.2) is 18.2 Å². The summed E-state index contributed by atoms with van der Waals surface area (Å²) in [5, 5.41) is 10.4. The van der Waals surface area contributed by atoms with Crippen LogP contribution in [0.25, 0.3) is 0 Å². The summed E-state index contributed by atoms with van der Waals surface area (Å²) in [4.78, 5) is 22.0. The van der Waals surface area contributed by atoms with Gasteiger partial charge < -0.3 is 10.4 Å². The summed E-state index contributed by atoms with van der Waals surface area (Å²) in [5.41, 5.74) is -2.05. The van der Waals surface area contributed by atoms with Crippen molar-refractivity contribution < 1.29 is 32.3 Å². The number of carboxylic acid groups (broad SMARTS) is 1. The molecule has 2 N–H and O–H groups in total. The van der Waals surface area contributed by atoms with Gasteiger partial charge in [0.15, 0.2) is 0 Å². The summed E-state index contributed by atoms with van der Waals surface area (Å²) in [6.45, 7) is 1.10. The molecule has 0 fully saturated rings. The first-order chi connectivity index (χ1) is 8.62. The molecular formula is C11H9F4NO3. The molecule has 4 nitrogen and oxygen atoms in total. The van der Waals surface area contributed by atoms with Gasteiger partial charge in [0.2, 0.25) is 0 Å². The van der Waals surface area contributed by atoms with E-state index < -0.39 is 41.0 Å². The molecule has 1 aromatic carbocycles. The number of halogens is 4. The Hall–Kier alpha value is -2.12. The molecule has 1 unspecified atom stereocenters. The van der Waals surface area contributed by atoms with Crippen LogP contribution in [0.1, 0.15) is 22.8 Å². The zero-order valence-electron chi connectivity index (χ0n) is 9.58. The Morgan fingerprint density at radius 3 is 2.37 bits per heavy atom. The maximum Gasteiger partial charge on any atom is 0.416 e. The number of hydrogen-bond donors (Lipinski definition) is 2. The normalized spacial score (nSPS) is 12.9. The van der Waals surface area contributed by atoms with Gasteiger partial charge >= 0.3 is 12.1 Å². The molecule has 1 rings (SSSR count).